The first-order chi connectivity index (χ1) is 21.9. The molecule has 3 heterocycles. The van der Waals surface area contributed by atoms with Gasteiger partial charge in [-0.25, -0.2) is 0 Å². The second-order valence-corrected chi connectivity index (χ2v) is 13.0. The molecule has 1 aliphatic carbocycles. The molecular weight excluding hydrogens is 570 g/mol. The average molecular weight is 624 g/mol. The lowest BCUT2D eigenvalue weighted by atomic mass is 9.89. The van der Waals surface area contributed by atoms with E-state index in [4.69, 9.17) is 24.0 Å². The standard InChI is InChI=1S/C35H53N5O5/c1-28(32-11-17-40(36-32)25-31-8-9-31)39-20-23-45-35(27-39)14-18-38(19-15-35)16-10-29-6-5-7-30(24-29)12-21-44-22-13-33(41)37(2)26-34(42-3)43-4/h5-7,11,17,24,31,34H,1,8-10,12-16,18-23,25-27H2,2-4H3. The molecule has 0 radical (unpaired) electrons. The molecule has 1 saturated carbocycles. The van der Waals surface area contributed by atoms with E-state index in [1.165, 1.54) is 24.0 Å². The van der Waals surface area contributed by atoms with E-state index < -0.39 is 6.29 Å². The van der Waals surface area contributed by atoms with E-state index in [-0.39, 0.29) is 11.5 Å². The molecule has 3 aliphatic rings. The van der Waals surface area contributed by atoms with Crippen molar-refractivity contribution in [2.75, 3.05) is 80.4 Å². The van der Waals surface area contributed by atoms with Gasteiger partial charge in [0.05, 0.1) is 44.1 Å². The minimum Gasteiger partial charge on any atom is -0.381 e. The summed E-state index contributed by atoms with van der Waals surface area (Å²) in [6.07, 6.45) is 8.64. The van der Waals surface area contributed by atoms with Crippen LogP contribution in [0.25, 0.3) is 5.70 Å². The van der Waals surface area contributed by atoms with Crippen LogP contribution in [0.15, 0.2) is 43.1 Å². The second kappa shape index (κ2) is 16.2. The molecule has 0 N–H and O–H groups in total. The summed E-state index contributed by atoms with van der Waals surface area (Å²) in [5.41, 5.74) is 4.55. The Bertz CT molecular complexity index is 1230. The van der Waals surface area contributed by atoms with Crippen LogP contribution in [0.5, 0.6) is 0 Å². The molecule has 1 amide bonds. The quantitative estimate of drug-likeness (QED) is 0.195. The molecule has 10 nitrogen and oxygen atoms in total. The summed E-state index contributed by atoms with van der Waals surface area (Å²) in [4.78, 5) is 18.9. The van der Waals surface area contributed by atoms with Crippen LogP contribution in [0.2, 0.25) is 0 Å². The molecule has 1 spiro atoms. The third-order valence-corrected chi connectivity index (χ3v) is 9.55. The Hall–Kier alpha value is -2.76. The van der Waals surface area contributed by atoms with Gasteiger partial charge in [-0.1, -0.05) is 30.8 Å². The monoisotopic (exact) mass is 623 g/mol. The summed E-state index contributed by atoms with van der Waals surface area (Å²) >= 11 is 0. The largest absolute Gasteiger partial charge is 0.381 e. The number of amides is 1. The van der Waals surface area contributed by atoms with Gasteiger partial charge in [0.2, 0.25) is 5.91 Å². The molecule has 0 atom stereocenters. The Labute approximate surface area is 269 Å². The zero-order valence-electron chi connectivity index (χ0n) is 27.6. The average Bonchev–Trinajstić information content (AvgIpc) is 3.76. The van der Waals surface area contributed by atoms with Gasteiger partial charge in [0.1, 0.15) is 5.69 Å². The minimum atomic E-state index is -0.417. The Balaban J connectivity index is 0.989. The number of carbonyl (C=O) groups is 1. The van der Waals surface area contributed by atoms with Gasteiger partial charge in [0, 0.05) is 66.7 Å². The predicted molar refractivity (Wildman–Crippen MR) is 175 cm³/mol. The SMILES string of the molecule is C=C(c1ccn(CC2CC2)n1)N1CCOC2(CCN(CCc3cccc(CCOCCC(=O)N(C)CC(OC)OC)c3)CC2)C1. The van der Waals surface area contributed by atoms with Crippen LogP contribution in [0.4, 0.5) is 0 Å². The van der Waals surface area contributed by atoms with Gasteiger partial charge in [0.25, 0.3) is 0 Å². The van der Waals surface area contributed by atoms with E-state index in [0.29, 0.717) is 26.2 Å². The van der Waals surface area contributed by atoms with E-state index in [2.05, 4.69) is 57.6 Å². The molecule has 5 rings (SSSR count). The number of aromatic nitrogens is 2. The van der Waals surface area contributed by atoms with Crippen LogP contribution in [0, 0.1) is 5.92 Å². The highest BCUT2D eigenvalue weighted by Gasteiger charge is 2.40. The Morgan fingerprint density at radius 1 is 1.11 bits per heavy atom. The highest BCUT2D eigenvalue weighted by atomic mass is 16.7. The van der Waals surface area contributed by atoms with Gasteiger partial charge in [-0.15, -0.1) is 0 Å². The van der Waals surface area contributed by atoms with Crippen LogP contribution < -0.4 is 0 Å². The van der Waals surface area contributed by atoms with E-state index in [1.54, 1.807) is 26.2 Å². The second-order valence-electron chi connectivity index (χ2n) is 13.0. The van der Waals surface area contributed by atoms with Crippen molar-refractivity contribution in [3.8, 4) is 0 Å². The molecule has 0 unspecified atom stereocenters. The van der Waals surface area contributed by atoms with Crippen molar-refractivity contribution in [3.63, 3.8) is 0 Å². The molecule has 2 aliphatic heterocycles. The Morgan fingerprint density at radius 2 is 1.87 bits per heavy atom. The van der Waals surface area contributed by atoms with Crippen molar-refractivity contribution in [2.24, 2.45) is 5.92 Å². The first kappa shape index (κ1) is 33.6. The maximum absolute atomic E-state index is 12.3. The number of hydrogen-bond acceptors (Lipinski definition) is 8. The number of rotatable bonds is 17. The van der Waals surface area contributed by atoms with Gasteiger partial charge in [0.15, 0.2) is 6.29 Å². The third-order valence-electron chi connectivity index (χ3n) is 9.55. The third kappa shape index (κ3) is 9.86. The van der Waals surface area contributed by atoms with Crippen LogP contribution in [-0.2, 0) is 43.1 Å². The molecule has 45 heavy (non-hydrogen) atoms. The van der Waals surface area contributed by atoms with Crippen molar-refractivity contribution in [3.05, 3.63) is 59.9 Å². The molecule has 1 aromatic carbocycles. The fourth-order valence-corrected chi connectivity index (χ4v) is 6.35. The van der Waals surface area contributed by atoms with E-state index in [9.17, 15) is 4.79 Å². The number of likely N-dealkylation sites (tertiary alicyclic amines) is 1. The van der Waals surface area contributed by atoms with Crippen LogP contribution in [-0.4, -0.2) is 123 Å². The molecule has 2 saturated heterocycles. The van der Waals surface area contributed by atoms with Gasteiger partial charge >= 0.3 is 0 Å². The summed E-state index contributed by atoms with van der Waals surface area (Å²) in [7, 11) is 4.89. The van der Waals surface area contributed by atoms with Gasteiger partial charge in [-0.3, -0.25) is 9.48 Å². The van der Waals surface area contributed by atoms with E-state index in [1.807, 2.05) is 0 Å². The number of likely N-dealkylation sites (N-methyl/N-ethyl adjacent to an activating group) is 1. The smallest absolute Gasteiger partial charge is 0.224 e. The lowest BCUT2D eigenvalue weighted by Gasteiger charge is -2.48. The van der Waals surface area contributed by atoms with Crippen molar-refractivity contribution >= 4 is 11.6 Å². The zero-order chi connectivity index (χ0) is 31.6. The highest BCUT2D eigenvalue weighted by Crippen LogP contribution is 2.34. The van der Waals surface area contributed by atoms with Gasteiger partial charge in [-0.2, -0.15) is 5.10 Å². The maximum atomic E-state index is 12.3. The summed E-state index contributed by atoms with van der Waals surface area (Å²) in [6, 6.07) is 10.9. The maximum Gasteiger partial charge on any atom is 0.224 e. The number of benzene rings is 1. The van der Waals surface area contributed by atoms with Crippen LogP contribution in [0.3, 0.4) is 0 Å². The minimum absolute atomic E-state index is 0.0180. The zero-order valence-corrected chi connectivity index (χ0v) is 27.6. The van der Waals surface area contributed by atoms with Crippen molar-refractivity contribution in [1.29, 1.82) is 0 Å². The Kier molecular flexibility index (Phi) is 12.1. The predicted octanol–water partition coefficient (Wildman–Crippen LogP) is 3.70. The number of methoxy groups -OCH3 is 2. The summed E-state index contributed by atoms with van der Waals surface area (Å²) in [6.45, 7) is 12.5. The van der Waals surface area contributed by atoms with Gasteiger partial charge in [-0.05, 0) is 61.6 Å². The number of morpholine rings is 1. The summed E-state index contributed by atoms with van der Waals surface area (Å²) in [5, 5.41) is 4.82. The molecule has 0 bridgehead atoms. The number of carbonyl (C=O) groups excluding carboxylic acids is 1. The lowest BCUT2D eigenvalue weighted by molar-refractivity contribution is -0.143. The highest BCUT2D eigenvalue weighted by molar-refractivity contribution is 5.75. The fourth-order valence-electron chi connectivity index (χ4n) is 6.35. The summed E-state index contributed by atoms with van der Waals surface area (Å²) < 4.78 is 24.7. The Morgan fingerprint density at radius 3 is 2.60 bits per heavy atom. The van der Waals surface area contributed by atoms with Crippen LogP contribution >= 0.6 is 0 Å². The van der Waals surface area contributed by atoms with Crippen molar-refractivity contribution in [1.82, 2.24) is 24.5 Å². The molecule has 248 valence electrons. The van der Waals surface area contributed by atoms with Crippen molar-refractivity contribution < 1.29 is 23.7 Å². The number of piperidine rings is 1. The van der Waals surface area contributed by atoms with Crippen molar-refractivity contribution in [2.45, 2.75) is 63.4 Å². The molecule has 2 aromatic rings. The first-order valence-corrected chi connectivity index (χ1v) is 16.7. The number of ether oxygens (including phenoxy) is 4. The molecule has 3 fully saturated rings. The first-order valence-electron chi connectivity index (χ1n) is 16.7. The molecule has 10 heteroatoms. The molecule has 1 aromatic heterocycles. The number of nitrogens with zero attached hydrogens (tertiary/aromatic N) is 5. The number of hydrogen-bond donors (Lipinski definition) is 0. The van der Waals surface area contributed by atoms with Crippen LogP contribution in [0.1, 0.15) is 48.9 Å². The fraction of sp³-hybridized carbons (Fsp3) is 0.657. The normalized spacial score (nSPS) is 18.5. The molecular formula is C35H53N5O5. The summed E-state index contributed by atoms with van der Waals surface area (Å²) in [5.74, 6) is 0.829. The lowest BCUT2D eigenvalue weighted by Crippen LogP contribution is -2.56. The van der Waals surface area contributed by atoms with E-state index >= 15 is 0 Å². The van der Waals surface area contributed by atoms with Gasteiger partial charge < -0.3 is 33.6 Å². The van der Waals surface area contributed by atoms with E-state index in [0.717, 1.165) is 88.9 Å². The topological polar surface area (TPSA) is 81.5 Å².